The van der Waals surface area contributed by atoms with E-state index >= 15 is 0 Å². The van der Waals surface area contributed by atoms with Crippen LogP contribution in [0.15, 0.2) is 30.6 Å². The Morgan fingerprint density at radius 1 is 1.06 bits per heavy atom. The monoisotopic (exact) mass is 500 g/mol. The van der Waals surface area contributed by atoms with Gasteiger partial charge in [-0.15, -0.1) is 10.2 Å². The van der Waals surface area contributed by atoms with E-state index in [2.05, 4.69) is 25.4 Å². The molecule has 1 aromatic carbocycles. The smallest absolute Gasteiger partial charge is 0.381 e. The summed E-state index contributed by atoms with van der Waals surface area (Å²) in [7, 11) is 1.85. The minimum atomic E-state index is -4.53. The van der Waals surface area contributed by atoms with Crippen LogP contribution in [0.25, 0.3) is 22.3 Å². The molecular formula is C26H31F3N6O. The molecule has 2 aliphatic heterocycles. The van der Waals surface area contributed by atoms with Crippen LogP contribution in [0.1, 0.15) is 31.2 Å². The van der Waals surface area contributed by atoms with Crippen molar-refractivity contribution in [1.29, 1.82) is 0 Å². The molecule has 7 nitrogen and oxygen atoms in total. The number of likely N-dealkylation sites (tertiary alicyclic amines) is 1. The minimum Gasteiger partial charge on any atom is -0.381 e. The lowest BCUT2D eigenvalue weighted by atomic mass is 10.00. The Labute approximate surface area is 208 Å². The highest BCUT2D eigenvalue weighted by atomic mass is 19.4. The normalized spacial score (nSPS) is 25.5. The largest absolute Gasteiger partial charge is 0.420 e. The van der Waals surface area contributed by atoms with Crippen LogP contribution < -0.4 is 5.32 Å². The average molecular weight is 501 g/mol. The Morgan fingerprint density at radius 2 is 1.81 bits per heavy atom. The molecule has 1 unspecified atom stereocenters. The summed E-state index contributed by atoms with van der Waals surface area (Å²) < 4.78 is 49.5. The van der Waals surface area contributed by atoms with Gasteiger partial charge in [-0.3, -0.25) is 0 Å². The number of nitrogens with zero attached hydrogens (tertiary/aromatic N) is 5. The highest BCUT2D eigenvalue weighted by Gasteiger charge is 2.43. The predicted molar refractivity (Wildman–Crippen MR) is 130 cm³/mol. The minimum absolute atomic E-state index is 0.0164. The molecule has 3 aliphatic rings. The van der Waals surface area contributed by atoms with Crippen LogP contribution in [-0.4, -0.2) is 63.5 Å². The summed E-state index contributed by atoms with van der Waals surface area (Å²) in [6.07, 6.45) is 1.13. The van der Waals surface area contributed by atoms with E-state index in [0.717, 1.165) is 75.6 Å². The summed E-state index contributed by atoms with van der Waals surface area (Å²) in [5.41, 5.74) is 1.62. The molecule has 0 bridgehead atoms. The number of alkyl halides is 3. The third-order valence-corrected chi connectivity index (χ3v) is 8.15. The topological polar surface area (TPSA) is 68.1 Å². The average Bonchev–Trinajstić information content (AvgIpc) is 3.52. The van der Waals surface area contributed by atoms with E-state index < -0.39 is 11.7 Å². The van der Waals surface area contributed by atoms with Crippen LogP contribution in [0.4, 0.5) is 19.0 Å². The third-order valence-electron chi connectivity index (χ3n) is 8.15. The van der Waals surface area contributed by atoms with Crippen LogP contribution >= 0.6 is 0 Å². The molecule has 1 N–H and O–H groups in total. The van der Waals surface area contributed by atoms with Crippen LogP contribution in [0.2, 0.25) is 0 Å². The van der Waals surface area contributed by atoms with Crippen molar-refractivity contribution in [2.24, 2.45) is 24.8 Å². The van der Waals surface area contributed by atoms with E-state index in [4.69, 9.17) is 4.74 Å². The van der Waals surface area contributed by atoms with E-state index in [1.165, 1.54) is 0 Å². The number of aryl methyl sites for hydroxylation is 1. The van der Waals surface area contributed by atoms with Gasteiger partial charge in [-0.05, 0) is 61.6 Å². The lowest BCUT2D eigenvalue weighted by molar-refractivity contribution is -0.137. The molecule has 3 aromatic rings. The van der Waals surface area contributed by atoms with Crippen molar-refractivity contribution < 1.29 is 17.9 Å². The van der Waals surface area contributed by atoms with Crippen molar-refractivity contribution in [3.05, 3.63) is 36.2 Å². The van der Waals surface area contributed by atoms with Gasteiger partial charge >= 0.3 is 6.18 Å². The van der Waals surface area contributed by atoms with E-state index in [1.807, 2.05) is 11.6 Å². The lowest BCUT2D eigenvalue weighted by Gasteiger charge is -2.28. The zero-order chi connectivity index (χ0) is 24.9. The summed E-state index contributed by atoms with van der Waals surface area (Å²) in [5.74, 6) is 1.58. The highest BCUT2D eigenvalue weighted by molar-refractivity contribution is 5.81. The number of fused-ring (bicyclic) bond motifs is 2. The first-order valence-electron chi connectivity index (χ1n) is 12.8. The number of halogens is 3. The van der Waals surface area contributed by atoms with Crippen LogP contribution in [0, 0.1) is 17.8 Å². The van der Waals surface area contributed by atoms with E-state index in [-0.39, 0.29) is 17.6 Å². The molecule has 192 valence electrons. The first-order chi connectivity index (χ1) is 17.3. The van der Waals surface area contributed by atoms with Crippen LogP contribution in [0.3, 0.4) is 0 Å². The number of anilines is 1. The first kappa shape index (κ1) is 23.7. The first-order valence-corrected chi connectivity index (χ1v) is 12.8. The van der Waals surface area contributed by atoms with Gasteiger partial charge in [0.25, 0.3) is 0 Å². The van der Waals surface area contributed by atoms with Crippen molar-refractivity contribution >= 4 is 16.9 Å². The number of ether oxygens (including phenoxy) is 1. The summed E-state index contributed by atoms with van der Waals surface area (Å²) in [6.45, 7) is 4.90. The Hall–Kier alpha value is -2.72. The van der Waals surface area contributed by atoms with Gasteiger partial charge in [-0.1, -0.05) is 6.07 Å². The summed E-state index contributed by atoms with van der Waals surface area (Å²) in [5, 5.41) is 11.3. The Kier molecular flexibility index (Phi) is 6.11. The van der Waals surface area contributed by atoms with Crippen molar-refractivity contribution in [2.75, 3.05) is 38.2 Å². The predicted octanol–water partition coefficient (Wildman–Crippen LogP) is 4.60. The van der Waals surface area contributed by atoms with Crippen molar-refractivity contribution in [1.82, 2.24) is 24.6 Å². The Balaban J connectivity index is 1.15. The molecule has 10 heteroatoms. The number of aromatic nitrogens is 4. The molecule has 2 aromatic heterocycles. The summed E-state index contributed by atoms with van der Waals surface area (Å²) in [6, 6.07) is 6.41. The second-order valence-electron chi connectivity index (χ2n) is 10.7. The summed E-state index contributed by atoms with van der Waals surface area (Å²) >= 11 is 0. The Bertz CT molecular complexity index is 1220. The molecule has 2 saturated heterocycles. The molecule has 3 fully saturated rings. The maximum absolute atomic E-state index is 14.1. The highest BCUT2D eigenvalue weighted by Crippen LogP contribution is 2.42. The molecule has 1 aliphatic carbocycles. The number of rotatable bonds is 5. The van der Waals surface area contributed by atoms with Crippen LogP contribution in [0.5, 0.6) is 0 Å². The van der Waals surface area contributed by atoms with E-state index in [1.54, 1.807) is 24.5 Å². The molecule has 6 rings (SSSR count). The quantitative estimate of drug-likeness (QED) is 0.553. The van der Waals surface area contributed by atoms with Gasteiger partial charge in [0, 0.05) is 51.5 Å². The SMILES string of the molecule is Cn1cnc2ccc(-c3cc(C(F)(F)F)c(NC4C[C@@H]5CN(CC6CCOCC6)C[C@@H]5C4)nn3)cc21. The maximum Gasteiger partial charge on any atom is 0.420 e. The Morgan fingerprint density at radius 3 is 2.53 bits per heavy atom. The number of nitrogens with one attached hydrogen (secondary N) is 1. The second-order valence-corrected chi connectivity index (χ2v) is 10.7. The third kappa shape index (κ3) is 4.68. The molecule has 4 heterocycles. The molecule has 3 atom stereocenters. The molecule has 36 heavy (non-hydrogen) atoms. The van der Waals surface area contributed by atoms with E-state index in [9.17, 15) is 13.2 Å². The molecule has 1 saturated carbocycles. The van der Waals surface area contributed by atoms with Gasteiger partial charge in [-0.25, -0.2) is 4.98 Å². The second kappa shape index (κ2) is 9.30. The fourth-order valence-electron chi connectivity index (χ4n) is 6.29. The zero-order valence-corrected chi connectivity index (χ0v) is 20.3. The van der Waals surface area contributed by atoms with E-state index in [0.29, 0.717) is 23.3 Å². The van der Waals surface area contributed by atoms with Gasteiger partial charge in [0.2, 0.25) is 0 Å². The van der Waals surface area contributed by atoms with Crippen molar-refractivity contribution in [3.63, 3.8) is 0 Å². The molecular weight excluding hydrogens is 469 g/mol. The molecule has 0 radical (unpaired) electrons. The van der Waals surface area contributed by atoms with Gasteiger partial charge in [0.15, 0.2) is 5.82 Å². The lowest BCUT2D eigenvalue weighted by Crippen LogP contribution is -2.32. The van der Waals surface area contributed by atoms with Gasteiger partial charge in [0.1, 0.15) is 5.56 Å². The maximum atomic E-state index is 14.1. The standard InChI is InChI=1S/C26H31F3N6O/c1-34-15-30-22-3-2-17(10-24(22)34)23-11-21(26(27,28)29)25(33-32-23)31-20-8-18-13-35(14-19(18)9-20)12-16-4-6-36-7-5-16/h2-3,10-11,15-16,18-20H,4-9,12-14H2,1H3,(H,31,33)/t18-,19+,20?. The van der Waals surface area contributed by atoms with Gasteiger partial charge < -0.3 is 19.5 Å². The molecule has 0 amide bonds. The fourth-order valence-corrected chi connectivity index (χ4v) is 6.29. The van der Waals surface area contributed by atoms with Crippen molar-refractivity contribution in [2.45, 2.75) is 37.9 Å². The fraction of sp³-hybridized carbons (Fsp3) is 0.577. The summed E-state index contributed by atoms with van der Waals surface area (Å²) in [4.78, 5) is 6.82. The van der Waals surface area contributed by atoms with Gasteiger partial charge in [0.05, 0.1) is 23.1 Å². The number of hydrogen-bond acceptors (Lipinski definition) is 6. The van der Waals surface area contributed by atoms with Crippen LogP contribution in [-0.2, 0) is 18.0 Å². The van der Waals surface area contributed by atoms with Gasteiger partial charge in [-0.2, -0.15) is 13.2 Å². The van der Waals surface area contributed by atoms with Crippen molar-refractivity contribution in [3.8, 4) is 11.3 Å². The number of benzene rings is 1. The number of hydrogen-bond donors (Lipinski definition) is 1. The molecule has 0 spiro atoms. The number of imidazole rings is 1. The zero-order valence-electron chi connectivity index (χ0n) is 20.3.